The molecule has 1 aromatic heterocycles. The van der Waals surface area contributed by atoms with Gasteiger partial charge in [-0.1, -0.05) is 12.1 Å². The molecule has 0 atom stereocenters. The van der Waals surface area contributed by atoms with Gasteiger partial charge in [-0.05, 0) is 25.0 Å². The van der Waals surface area contributed by atoms with Gasteiger partial charge in [-0.25, -0.2) is 0 Å². The Kier molecular flexibility index (Phi) is 3.79. The molecule has 5 heteroatoms. The lowest BCUT2D eigenvalue weighted by atomic mass is 10.0. The van der Waals surface area contributed by atoms with Crippen LogP contribution in [0.5, 0.6) is 0 Å². The molecule has 0 bridgehead atoms. The molecule has 1 aliphatic carbocycles. The van der Waals surface area contributed by atoms with Crippen molar-refractivity contribution in [3.05, 3.63) is 52.8 Å². The summed E-state index contributed by atoms with van der Waals surface area (Å²) in [6.45, 7) is 3.35. The van der Waals surface area contributed by atoms with Crippen molar-refractivity contribution < 1.29 is 9.59 Å². The minimum atomic E-state index is -0.0456. The Hall–Kier alpha value is -2.43. The number of hydrogen-bond acceptors (Lipinski definition) is 3. The number of nitrogens with zero attached hydrogens (tertiary/aromatic N) is 3. The van der Waals surface area contributed by atoms with E-state index in [0.717, 1.165) is 17.7 Å². The molecule has 2 aromatic rings. The number of rotatable bonds is 4. The predicted molar refractivity (Wildman–Crippen MR) is 82.8 cm³/mol. The van der Waals surface area contributed by atoms with Gasteiger partial charge in [0.2, 0.25) is 0 Å². The standard InChI is InChI=1S/C17H19N3O2/c1-3-20-11-12(9-18-20)10-19(2)17(22)15-6-4-5-14-13(15)7-8-16(14)21/h4-6,9,11H,3,7-8,10H2,1-2H3. The summed E-state index contributed by atoms with van der Waals surface area (Å²) in [5.74, 6) is 0.0901. The van der Waals surface area contributed by atoms with Gasteiger partial charge >= 0.3 is 0 Å². The second-order valence-electron chi connectivity index (χ2n) is 5.62. The van der Waals surface area contributed by atoms with Gasteiger partial charge in [0.15, 0.2) is 5.78 Å². The van der Waals surface area contributed by atoms with Gasteiger partial charge in [-0.2, -0.15) is 5.10 Å². The second kappa shape index (κ2) is 5.75. The minimum absolute atomic E-state index is 0.0456. The van der Waals surface area contributed by atoms with Crippen LogP contribution in [0.2, 0.25) is 0 Å². The zero-order chi connectivity index (χ0) is 15.7. The summed E-state index contributed by atoms with van der Waals surface area (Å²) in [5.41, 5.74) is 3.25. The molecule has 0 radical (unpaired) electrons. The van der Waals surface area contributed by atoms with Crippen LogP contribution >= 0.6 is 0 Å². The van der Waals surface area contributed by atoms with Crippen LogP contribution in [-0.4, -0.2) is 33.4 Å². The summed E-state index contributed by atoms with van der Waals surface area (Å²) >= 11 is 0. The van der Waals surface area contributed by atoms with E-state index in [1.54, 1.807) is 24.2 Å². The van der Waals surface area contributed by atoms with Crippen LogP contribution in [0.3, 0.4) is 0 Å². The monoisotopic (exact) mass is 297 g/mol. The Morgan fingerprint density at radius 1 is 1.36 bits per heavy atom. The van der Waals surface area contributed by atoms with Crippen LogP contribution in [0.25, 0.3) is 0 Å². The number of benzene rings is 1. The lowest BCUT2D eigenvalue weighted by molar-refractivity contribution is 0.0784. The Morgan fingerprint density at radius 2 is 2.18 bits per heavy atom. The molecule has 5 nitrogen and oxygen atoms in total. The topological polar surface area (TPSA) is 55.2 Å². The van der Waals surface area contributed by atoms with Gasteiger partial charge < -0.3 is 4.90 Å². The molecule has 0 N–H and O–H groups in total. The van der Waals surface area contributed by atoms with Crippen molar-refractivity contribution in [3.63, 3.8) is 0 Å². The third-order valence-corrected chi connectivity index (χ3v) is 4.09. The Labute approximate surface area is 129 Å². The first kappa shape index (κ1) is 14.5. The fourth-order valence-electron chi connectivity index (χ4n) is 2.90. The van der Waals surface area contributed by atoms with Gasteiger partial charge in [0, 0.05) is 49.4 Å². The first-order valence-corrected chi connectivity index (χ1v) is 7.52. The smallest absolute Gasteiger partial charge is 0.254 e. The van der Waals surface area contributed by atoms with E-state index in [1.807, 2.05) is 29.9 Å². The zero-order valence-corrected chi connectivity index (χ0v) is 12.9. The van der Waals surface area contributed by atoms with Crippen molar-refractivity contribution in [2.75, 3.05) is 7.05 Å². The SMILES string of the molecule is CCn1cc(CN(C)C(=O)c2cccc3c2CCC3=O)cn1. The molecule has 0 aliphatic heterocycles. The maximum absolute atomic E-state index is 12.7. The highest BCUT2D eigenvalue weighted by atomic mass is 16.2. The first-order valence-electron chi connectivity index (χ1n) is 7.52. The normalized spacial score (nSPS) is 13.3. The maximum Gasteiger partial charge on any atom is 0.254 e. The van der Waals surface area contributed by atoms with E-state index < -0.39 is 0 Å². The van der Waals surface area contributed by atoms with Crippen molar-refractivity contribution in [2.24, 2.45) is 0 Å². The van der Waals surface area contributed by atoms with Crippen molar-refractivity contribution in [1.82, 2.24) is 14.7 Å². The molecular weight excluding hydrogens is 278 g/mol. The molecular formula is C17H19N3O2. The summed E-state index contributed by atoms with van der Waals surface area (Å²) in [6, 6.07) is 5.41. The van der Waals surface area contributed by atoms with Crippen molar-refractivity contribution in [1.29, 1.82) is 0 Å². The number of Topliss-reactive ketones (excluding diaryl/α,β-unsaturated/α-hetero) is 1. The van der Waals surface area contributed by atoms with Crippen molar-refractivity contribution in [2.45, 2.75) is 32.9 Å². The van der Waals surface area contributed by atoms with Crippen LogP contribution < -0.4 is 0 Å². The highest BCUT2D eigenvalue weighted by molar-refractivity contribution is 6.05. The van der Waals surface area contributed by atoms with E-state index in [1.165, 1.54) is 0 Å². The minimum Gasteiger partial charge on any atom is -0.337 e. The number of amides is 1. The molecule has 0 saturated heterocycles. The van der Waals surface area contributed by atoms with E-state index in [4.69, 9.17) is 0 Å². The van der Waals surface area contributed by atoms with Crippen LogP contribution in [-0.2, 0) is 19.5 Å². The quantitative estimate of drug-likeness (QED) is 0.870. The molecule has 1 heterocycles. The van der Waals surface area contributed by atoms with Gasteiger partial charge in [0.05, 0.1) is 6.20 Å². The van der Waals surface area contributed by atoms with Crippen LogP contribution in [0.1, 0.15) is 45.2 Å². The molecule has 0 spiro atoms. The zero-order valence-electron chi connectivity index (χ0n) is 12.9. The lowest BCUT2D eigenvalue weighted by Gasteiger charge is -2.18. The maximum atomic E-state index is 12.7. The van der Waals surface area contributed by atoms with E-state index in [-0.39, 0.29) is 11.7 Å². The molecule has 3 rings (SSSR count). The van der Waals surface area contributed by atoms with Gasteiger partial charge in [-0.3, -0.25) is 14.3 Å². The van der Waals surface area contributed by atoms with E-state index in [9.17, 15) is 9.59 Å². The second-order valence-corrected chi connectivity index (χ2v) is 5.62. The van der Waals surface area contributed by atoms with Crippen molar-refractivity contribution in [3.8, 4) is 0 Å². The summed E-state index contributed by atoms with van der Waals surface area (Å²) in [4.78, 5) is 26.2. The number of aryl methyl sites for hydroxylation is 1. The Bertz CT molecular complexity index is 733. The van der Waals surface area contributed by atoms with Gasteiger partial charge in [0.1, 0.15) is 0 Å². The third kappa shape index (κ3) is 2.54. The van der Waals surface area contributed by atoms with Crippen molar-refractivity contribution >= 4 is 11.7 Å². The number of carbonyl (C=O) groups excluding carboxylic acids is 2. The molecule has 0 saturated carbocycles. The molecule has 1 aromatic carbocycles. The number of fused-ring (bicyclic) bond motifs is 1. The summed E-state index contributed by atoms with van der Waals surface area (Å²) in [7, 11) is 1.78. The molecule has 1 amide bonds. The summed E-state index contributed by atoms with van der Waals surface area (Å²) in [6.07, 6.45) is 4.90. The number of ketones is 1. The van der Waals surface area contributed by atoms with E-state index in [0.29, 0.717) is 30.5 Å². The molecule has 22 heavy (non-hydrogen) atoms. The Balaban J connectivity index is 1.80. The van der Waals surface area contributed by atoms with E-state index >= 15 is 0 Å². The number of carbonyl (C=O) groups is 2. The largest absolute Gasteiger partial charge is 0.337 e. The Morgan fingerprint density at radius 3 is 2.91 bits per heavy atom. The van der Waals surface area contributed by atoms with Gasteiger partial charge in [0.25, 0.3) is 5.91 Å². The van der Waals surface area contributed by atoms with Crippen LogP contribution in [0.4, 0.5) is 0 Å². The predicted octanol–water partition coefficient (Wildman–Crippen LogP) is 2.30. The highest BCUT2D eigenvalue weighted by Gasteiger charge is 2.25. The summed E-state index contributed by atoms with van der Waals surface area (Å²) < 4.78 is 1.84. The third-order valence-electron chi connectivity index (χ3n) is 4.09. The van der Waals surface area contributed by atoms with Crippen LogP contribution in [0.15, 0.2) is 30.6 Å². The molecule has 1 aliphatic rings. The molecule has 114 valence electrons. The summed E-state index contributed by atoms with van der Waals surface area (Å²) in [5, 5.41) is 4.22. The molecule has 0 unspecified atom stereocenters. The van der Waals surface area contributed by atoms with Crippen LogP contribution in [0, 0.1) is 0 Å². The fourth-order valence-corrected chi connectivity index (χ4v) is 2.90. The highest BCUT2D eigenvalue weighted by Crippen LogP contribution is 2.26. The fraction of sp³-hybridized carbons (Fsp3) is 0.353. The first-order chi connectivity index (χ1) is 10.6. The number of aromatic nitrogens is 2. The number of hydrogen-bond donors (Lipinski definition) is 0. The van der Waals surface area contributed by atoms with E-state index in [2.05, 4.69) is 5.10 Å². The lowest BCUT2D eigenvalue weighted by Crippen LogP contribution is -2.27. The van der Waals surface area contributed by atoms with Gasteiger partial charge in [-0.15, -0.1) is 0 Å². The average molecular weight is 297 g/mol. The molecule has 0 fully saturated rings. The average Bonchev–Trinajstić information content (AvgIpc) is 3.13.